The molecule has 0 amide bonds. The lowest BCUT2D eigenvalue weighted by Crippen LogP contribution is -2.48. The van der Waals surface area contributed by atoms with Gasteiger partial charge in [-0.25, -0.2) is 4.39 Å². The molecule has 0 bridgehead atoms. The van der Waals surface area contributed by atoms with Gasteiger partial charge in [-0.2, -0.15) is 5.26 Å². The van der Waals surface area contributed by atoms with Crippen molar-refractivity contribution >= 4 is 35.6 Å². The van der Waals surface area contributed by atoms with Crippen molar-refractivity contribution < 1.29 is 4.39 Å². The molecule has 0 radical (unpaired) electrons. The molecule has 0 aromatic heterocycles. The van der Waals surface area contributed by atoms with Crippen molar-refractivity contribution in [1.29, 1.82) is 5.26 Å². The monoisotopic (exact) mass is 493 g/mol. The maximum Gasteiger partial charge on any atom is 0.191 e. The van der Waals surface area contributed by atoms with Crippen LogP contribution >= 0.6 is 24.0 Å². The standard InChI is InChI=1S/C21H24FN5.HI/c1-24-21(25-15-17-5-2-4-16(12-17)14-23)26-19-8-10-27(11-9-19)20-7-3-6-18(22)13-20;/h2-7,12-13,19H,8-11,15H2,1H3,(H2,24,25,26);1H. The summed E-state index contributed by atoms with van der Waals surface area (Å²) in [5.41, 5.74) is 2.63. The van der Waals surface area contributed by atoms with Crippen molar-refractivity contribution in [2.45, 2.75) is 25.4 Å². The van der Waals surface area contributed by atoms with Crippen molar-refractivity contribution in [2.24, 2.45) is 4.99 Å². The van der Waals surface area contributed by atoms with E-state index in [4.69, 9.17) is 5.26 Å². The van der Waals surface area contributed by atoms with E-state index in [0.717, 1.165) is 43.1 Å². The highest BCUT2D eigenvalue weighted by Gasteiger charge is 2.20. The first-order valence-electron chi connectivity index (χ1n) is 9.14. The molecular formula is C21H25FIN5. The van der Waals surface area contributed by atoms with Crippen molar-refractivity contribution in [2.75, 3.05) is 25.0 Å². The number of rotatable bonds is 4. The summed E-state index contributed by atoms with van der Waals surface area (Å²) in [5, 5.41) is 15.8. The average Bonchev–Trinajstić information content (AvgIpc) is 2.71. The highest BCUT2D eigenvalue weighted by atomic mass is 127. The number of halogens is 2. The van der Waals surface area contributed by atoms with Crippen LogP contribution < -0.4 is 15.5 Å². The van der Waals surface area contributed by atoms with Gasteiger partial charge in [-0.15, -0.1) is 24.0 Å². The van der Waals surface area contributed by atoms with Crippen molar-refractivity contribution in [3.05, 3.63) is 65.5 Å². The molecule has 5 nitrogen and oxygen atoms in total. The number of hydrogen-bond acceptors (Lipinski definition) is 3. The quantitative estimate of drug-likeness (QED) is 0.388. The zero-order chi connectivity index (χ0) is 19.1. The van der Waals surface area contributed by atoms with Gasteiger partial charge in [0, 0.05) is 38.4 Å². The number of guanidine groups is 1. The van der Waals surface area contributed by atoms with Crippen LogP contribution in [0.3, 0.4) is 0 Å². The fourth-order valence-electron chi connectivity index (χ4n) is 3.28. The van der Waals surface area contributed by atoms with Crippen LogP contribution in [0.25, 0.3) is 0 Å². The molecule has 0 unspecified atom stereocenters. The molecule has 0 aliphatic carbocycles. The van der Waals surface area contributed by atoms with Gasteiger partial charge in [-0.3, -0.25) is 4.99 Å². The molecule has 1 aliphatic rings. The van der Waals surface area contributed by atoms with Crippen molar-refractivity contribution in [3.63, 3.8) is 0 Å². The lowest BCUT2D eigenvalue weighted by molar-refractivity contribution is 0.461. The molecule has 1 saturated heterocycles. The van der Waals surface area contributed by atoms with E-state index in [-0.39, 0.29) is 29.8 Å². The Labute approximate surface area is 182 Å². The second-order valence-corrected chi connectivity index (χ2v) is 6.62. The Balaban J connectivity index is 0.00000280. The Morgan fingerprint density at radius 1 is 1.21 bits per heavy atom. The Morgan fingerprint density at radius 3 is 2.64 bits per heavy atom. The van der Waals surface area contributed by atoms with Crippen LogP contribution in [0.4, 0.5) is 10.1 Å². The minimum Gasteiger partial charge on any atom is -0.371 e. The van der Waals surface area contributed by atoms with Gasteiger partial charge in [0.1, 0.15) is 5.82 Å². The molecule has 1 heterocycles. The Kier molecular flexibility index (Phi) is 8.51. The average molecular weight is 493 g/mol. The lowest BCUT2D eigenvalue weighted by atomic mass is 10.0. The maximum atomic E-state index is 13.4. The predicted octanol–water partition coefficient (Wildman–Crippen LogP) is 3.65. The van der Waals surface area contributed by atoms with Crippen LogP contribution in [0.1, 0.15) is 24.0 Å². The minimum absolute atomic E-state index is 0. The molecule has 2 aromatic carbocycles. The van der Waals surface area contributed by atoms with E-state index < -0.39 is 0 Å². The Hall–Kier alpha value is -2.34. The second kappa shape index (κ2) is 10.9. The largest absolute Gasteiger partial charge is 0.371 e. The summed E-state index contributed by atoms with van der Waals surface area (Å²) in [4.78, 5) is 6.51. The van der Waals surface area contributed by atoms with Gasteiger partial charge in [0.15, 0.2) is 5.96 Å². The van der Waals surface area contributed by atoms with Gasteiger partial charge in [0.05, 0.1) is 11.6 Å². The number of hydrogen-bond donors (Lipinski definition) is 2. The van der Waals surface area contributed by atoms with E-state index in [2.05, 4.69) is 26.6 Å². The SMILES string of the molecule is CN=C(NCc1cccc(C#N)c1)NC1CCN(c2cccc(F)c2)CC1.I. The van der Waals surface area contributed by atoms with Crippen LogP contribution in [0.5, 0.6) is 0 Å². The first kappa shape index (κ1) is 22.0. The van der Waals surface area contributed by atoms with Crippen molar-refractivity contribution in [1.82, 2.24) is 10.6 Å². The molecule has 2 N–H and O–H groups in total. The zero-order valence-corrected chi connectivity index (χ0v) is 18.2. The summed E-state index contributed by atoms with van der Waals surface area (Å²) in [7, 11) is 1.75. The van der Waals surface area contributed by atoms with Crippen LogP contribution in [0, 0.1) is 17.1 Å². The highest BCUT2D eigenvalue weighted by Crippen LogP contribution is 2.20. The molecule has 0 atom stereocenters. The van der Waals surface area contributed by atoms with E-state index in [1.165, 1.54) is 6.07 Å². The number of benzene rings is 2. The Morgan fingerprint density at radius 2 is 1.96 bits per heavy atom. The van der Waals surface area contributed by atoms with Gasteiger partial charge in [0.25, 0.3) is 0 Å². The normalized spacial score (nSPS) is 14.8. The fraction of sp³-hybridized carbons (Fsp3) is 0.333. The number of nitriles is 1. The fourth-order valence-corrected chi connectivity index (χ4v) is 3.28. The molecule has 0 spiro atoms. The topological polar surface area (TPSA) is 63.5 Å². The molecule has 7 heteroatoms. The zero-order valence-electron chi connectivity index (χ0n) is 15.9. The molecule has 1 aliphatic heterocycles. The van der Waals surface area contributed by atoms with E-state index in [1.54, 1.807) is 25.2 Å². The Bertz CT molecular complexity index is 841. The van der Waals surface area contributed by atoms with Gasteiger partial charge in [-0.1, -0.05) is 18.2 Å². The maximum absolute atomic E-state index is 13.4. The molecule has 0 saturated carbocycles. The third-order valence-electron chi connectivity index (χ3n) is 4.75. The first-order chi connectivity index (χ1) is 13.2. The number of nitrogens with zero attached hydrogens (tertiary/aromatic N) is 3. The van der Waals surface area contributed by atoms with Gasteiger partial charge >= 0.3 is 0 Å². The van der Waals surface area contributed by atoms with E-state index in [0.29, 0.717) is 18.2 Å². The third kappa shape index (κ3) is 6.09. The van der Waals surface area contributed by atoms with Crippen LogP contribution in [-0.4, -0.2) is 32.1 Å². The lowest BCUT2D eigenvalue weighted by Gasteiger charge is -2.34. The van der Waals surface area contributed by atoms with Gasteiger partial charge in [-0.05, 0) is 48.7 Å². The minimum atomic E-state index is -0.196. The molecule has 3 rings (SSSR count). The molecule has 1 fully saturated rings. The van der Waals surface area contributed by atoms with E-state index in [9.17, 15) is 4.39 Å². The summed E-state index contributed by atoms with van der Waals surface area (Å²) in [6.45, 7) is 2.36. The summed E-state index contributed by atoms with van der Waals surface area (Å²) in [6, 6.07) is 16.8. The van der Waals surface area contributed by atoms with E-state index in [1.807, 2.05) is 24.3 Å². The number of anilines is 1. The summed E-state index contributed by atoms with van der Waals surface area (Å²) in [5.74, 6) is 0.555. The van der Waals surface area contributed by atoms with E-state index >= 15 is 0 Å². The summed E-state index contributed by atoms with van der Waals surface area (Å²) < 4.78 is 13.4. The molecule has 148 valence electrons. The second-order valence-electron chi connectivity index (χ2n) is 6.62. The summed E-state index contributed by atoms with van der Waals surface area (Å²) >= 11 is 0. The predicted molar refractivity (Wildman–Crippen MR) is 122 cm³/mol. The van der Waals surface area contributed by atoms with Crippen LogP contribution in [0.2, 0.25) is 0 Å². The molecule has 28 heavy (non-hydrogen) atoms. The van der Waals surface area contributed by atoms with Crippen LogP contribution in [0.15, 0.2) is 53.5 Å². The smallest absolute Gasteiger partial charge is 0.191 e. The molecular weight excluding hydrogens is 468 g/mol. The van der Waals surface area contributed by atoms with Crippen LogP contribution in [-0.2, 0) is 6.54 Å². The number of piperidine rings is 1. The number of aliphatic imine (C=N–C) groups is 1. The van der Waals surface area contributed by atoms with Gasteiger partial charge < -0.3 is 15.5 Å². The van der Waals surface area contributed by atoms with Crippen molar-refractivity contribution in [3.8, 4) is 6.07 Å². The van der Waals surface area contributed by atoms with Gasteiger partial charge in [0.2, 0.25) is 0 Å². The first-order valence-corrected chi connectivity index (χ1v) is 9.14. The summed E-state index contributed by atoms with van der Waals surface area (Å²) in [6.07, 6.45) is 1.92. The number of nitrogens with one attached hydrogen (secondary N) is 2. The highest BCUT2D eigenvalue weighted by molar-refractivity contribution is 14.0. The third-order valence-corrected chi connectivity index (χ3v) is 4.75. The molecule has 2 aromatic rings.